The minimum Gasteiger partial charge on any atom is -0.502 e. The summed E-state index contributed by atoms with van der Waals surface area (Å²) >= 11 is 0. The molecule has 1 aliphatic rings. The van der Waals surface area contributed by atoms with Gasteiger partial charge in [-0.25, -0.2) is 0 Å². The van der Waals surface area contributed by atoms with E-state index in [1.807, 2.05) is 0 Å². The number of aromatic hydroxyl groups is 1. The second-order valence-corrected chi connectivity index (χ2v) is 5.92. The van der Waals surface area contributed by atoms with Crippen LogP contribution in [0, 0.1) is 10.1 Å². The maximum absolute atomic E-state index is 12.1. The minimum absolute atomic E-state index is 0. The lowest BCUT2D eigenvalue weighted by Gasteiger charge is -2.28. The summed E-state index contributed by atoms with van der Waals surface area (Å²) in [6.45, 7) is 0.365. The van der Waals surface area contributed by atoms with Crippen molar-refractivity contribution in [1.82, 2.24) is 5.32 Å². The Balaban J connectivity index is 0.00000264. The molecule has 0 aliphatic heterocycles. The fraction of sp³-hybridized carbons (Fsp3) is 0.533. The zero-order valence-electron chi connectivity index (χ0n) is 12.8. The normalized spacial score (nSPS) is 16.7. The van der Waals surface area contributed by atoms with Crippen molar-refractivity contribution in [3.05, 3.63) is 33.9 Å². The highest BCUT2D eigenvalue weighted by Crippen LogP contribution is 2.27. The average molecular weight is 344 g/mol. The van der Waals surface area contributed by atoms with Crippen LogP contribution in [-0.2, 0) is 0 Å². The first-order valence-electron chi connectivity index (χ1n) is 7.46. The molecule has 1 saturated carbocycles. The number of nitrogens with two attached hydrogens (primary N) is 1. The van der Waals surface area contributed by atoms with Gasteiger partial charge < -0.3 is 16.2 Å². The molecule has 7 nitrogen and oxygen atoms in total. The summed E-state index contributed by atoms with van der Waals surface area (Å²) in [4.78, 5) is 22.0. The molecule has 1 amide bonds. The van der Waals surface area contributed by atoms with E-state index in [9.17, 15) is 20.0 Å². The number of carbonyl (C=O) groups excluding carboxylic acids is 1. The van der Waals surface area contributed by atoms with Crippen molar-refractivity contribution in [1.29, 1.82) is 0 Å². The van der Waals surface area contributed by atoms with Gasteiger partial charge in [0.25, 0.3) is 5.91 Å². The zero-order valence-corrected chi connectivity index (χ0v) is 13.6. The molecule has 1 aromatic rings. The van der Waals surface area contributed by atoms with Gasteiger partial charge in [-0.1, -0.05) is 25.7 Å². The quantitative estimate of drug-likeness (QED) is 0.441. The second kappa shape index (κ2) is 8.12. The van der Waals surface area contributed by atoms with E-state index >= 15 is 0 Å². The van der Waals surface area contributed by atoms with Gasteiger partial charge in [0.05, 0.1) is 4.92 Å². The first-order valence-corrected chi connectivity index (χ1v) is 7.46. The smallest absolute Gasteiger partial charge is 0.310 e. The summed E-state index contributed by atoms with van der Waals surface area (Å²) < 4.78 is 0. The lowest BCUT2D eigenvalue weighted by molar-refractivity contribution is -0.385. The standard InChI is InChI=1S/C15H21N3O4.ClH/c16-15(7-3-1-2-4-8-15)10-17-14(20)11-5-6-12(18(21)22)13(19)9-11;/h5-6,9,19H,1-4,7-8,10,16H2,(H,17,20);1H. The van der Waals surface area contributed by atoms with Crippen molar-refractivity contribution in [2.24, 2.45) is 5.73 Å². The van der Waals surface area contributed by atoms with Gasteiger partial charge in [0.1, 0.15) is 0 Å². The van der Waals surface area contributed by atoms with Crippen molar-refractivity contribution < 1.29 is 14.8 Å². The van der Waals surface area contributed by atoms with Gasteiger partial charge in [-0.05, 0) is 25.0 Å². The number of hydrogen-bond acceptors (Lipinski definition) is 5. The molecule has 23 heavy (non-hydrogen) atoms. The van der Waals surface area contributed by atoms with E-state index in [-0.39, 0.29) is 23.9 Å². The number of nitro groups is 1. The number of rotatable bonds is 4. The molecular formula is C15H22ClN3O4. The zero-order chi connectivity index (χ0) is 16.2. The number of phenolic OH excluding ortho intramolecular Hbond substituents is 1. The van der Waals surface area contributed by atoms with Gasteiger partial charge in [0.2, 0.25) is 0 Å². The molecule has 0 spiro atoms. The highest BCUT2D eigenvalue weighted by Gasteiger charge is 2.27. The molecule has 0 heterocycles. The van der Waals surface area contributed by atoms with Crippen LogP contribution >= 0.6 is 12.4 Å². The molecule has 1 aromatic carbocycles. The van der Waals surface area contributed by atoms with Crippen LogP contribution in [0.3, 0.4) is 0 Å². The van der Waals surface area contributed by atoms with Crippen LogP contribution in [0.1, 0.15) is 48.9 Å². The molecule has 2 rings (SSSR count). The van der Waals surface area contributed by atoms with E-state index in [2.05, 4.69) is 5.32 Å². The van der Waals surface area contributed by atoms with E-state index in [1.165, 1.54) is 18.9 Å². The van der Waals surface area contributed by atoms with Crippen LogP contribution < -0.4 is 11.1 Å². The lowest BCUT2D eigenvalue weighted by atomic mass is 9.91. The van der Waals surface area contributed by atoms with Crippen LogP contribution in [0.15, 0.2) is 18.2 Å². The second-order valence-electron chi connectivity index (χ2n) is 5.92. The molecule has 0 aromatic heterocycles. The fourth-order valence-corrected chi connectivity index (χ4v) is 2.79. The number of hydrogen-bond donors (Lipinski definition) is 3. The summed E-state index contributed by atoms with van der Waals surface area (Å²) in [6, 6.07) is 3.54. The molecule has 0 saturated heterocycles. The highest BCUT2D eigenvalue weighted by molar-refractivity contribution is 5.95. The fourth-order valence-electron chi connectivity index (χ4n) is 2.79. The predicted octanol–water partition coefficient (Wildman–Crippen LogP) is 2.50. The van der Waals surface area contributed by atoms with E-state index in [1.54, 1.807) is 0 Å². The monoisotopic (exact) mass is 343 g/mol. The Kier molecular flexibility index (Phi) is 6.78. The summed E-state index contributed by atoms with van der Waals surface area (Å²) in [6.07, 6.45) is 6.21. The first kappa shape index (κ1) is 19.2. The number of nitro benzene ring substituents is 1. The number of halogens is 1. The molecule has 0 bridgehead atoms. The third-order valence-electron chi connectivity index (χ3n) is 4.13. The van der Waals surface area contributed by atoms with Crippen LogP contribution in [0.2, 0.25) is 0 Å². The van der Waals surface area contributed by atoms with Crippen molar-refractivity contribution in [3.8, 4) is 5.75 Å². The summed E-state index contributed by atoms with van der Waals surface area (Å²) in [5.74, 6) is -0.908. The van der Waals surface area contributed by atoms with E-state index in [4.69, 9.17) is 5.73 Å². The number of phenols is 1. The molecule has 1 fully saturated rings. The molecule has 8 heteroatoms. The number of nitrogens with one attached hydrogen (secondary N) is 1. The van der Waals surface area contributed by atoms with Crippen molar-refractivity contribution in [2.75, 3.05) is 6.54 Å². The number of amides is 1. The largest absolute Gasteiger partial charge is 0.502 e. The van der Waals surface area contributed by atoms with Crippen molar-refractivity contribution >= 4 is 24.0 Å². The maximum Gasteiger partial charge on any atom is 0.310 e. The van der Waals surface area contributed by atoms with Gasteiger partial charge in [0, 0.05) is 23.7 Å². The van der Waals surface area contributed by atoms with Crippen LogP contribution in [-0.4, -0.2) is 28.0 Å². The van der Waals surface area contributed by atoms with Crippen LogP contribution in [0.5, 0.6) is 5.75 Å². The molecule has 0 atom stereocenters. The Hall–Kier alpha value is -1.86. The molecule has 0 unspecified atom stereocenters. The minimum atomic E-state index is -0.697. The number of benzene rings is 1. The Labute approximate surface area is 140 Å². The summed E-state index contributed by atoms with van der Waals surface area (Å²) in [7, 11) is 0. The van der Waals surface area contributed by atoms with E-state index < -0.39 is 21.9 Å². The Morgan fingerprint density at radius 2 is 1.91 bits per heavy atom. The number of carbonyl (C=O) groups is 1. The SMILES string of the molecule is Cl.NC1(CNC(=O)c2ccc([N+](=O)[O-])c(O)c2)CCCCCC1. The van der Waals surface area contributed by atoms with Crippen LogP contribution in [0.4, 0.5) is 5.69 Å². The Morgan fingerprint density at radius 1 is 1.30 bits per heavy atom. The summed E-state index contributed by atoms with van der Waals surface area (Å²) in [5.41, 5.74) is 5.69. The number of nitrogens with zero attached hydrogens (tertiary/aromatic N) is 1. The average Bonchev–Trinajstić information content (AvgIpc) is 2.69. The maximum atomic E-state index is 12.1. The van der Waals surface area contributed by atoms with E-state index in [0.29, 0.717) is 6.54 Å². The molecular weight excluding hydrogens is 322 g/mol. The molecule has 4 N–H and O–H groups in total. The third-order valence-corrected chi connectivity index (χ3v) is 4.13. The molecule has 1 aliphatic carbocycles. The van der Waals surface area contributed by atoms with Gasteiger partial charge in [0.15, 0.2) is 5.75 Å². The van der Waals surface area contributed by atoms with Crippen molar-refractivity contribution in [2.45, 2.75) is 44.1 Å². The molecule has 0 radical (unpaired) electrons. The van der Waals surface area contributed by atoms with Gasteiger partial charge in [-0.2, -0.15) is 0 Å². The van der Waals surface area contributed by atoms with Gasteiger partial charge >= 0.3 is 5.69 Å². The molecule has 128 valence electrons. The van der Waals surface area contributed by atoms with Crippen molar-refractivity contribution in [3.63, 3.8) is 0 Å². The summed E-state index contributed by atoms with van der Waals surface area (Å²) in [5, 5.41) is 23.0. The Bertz CT molecular complexity index is 572. The predicted molar refractivity (Wildman–Crippen MR) is 89.0 cm³/mol. The topological polar surface area (TPSA) is 118 Å². The lowest BCUT2D eigenvalue weighted by Crippen LogP contribution is -2.49. The van der Waals surface area contributed by atoms with E-state index in [0.717, 1.165) is 37.8 Å². The Morgan fingerprint density at radius 3 is 2.43 bits per heavy atom. The van der Waals surface area contributed by atoms with Gasteiger partial charge in [-0.3, -0.25) is 14.9 Å². The highest BCUT2D eigenvalue weighted by atomic mass is 35.5. The van der Waals surface area contributed by atoms with Crippen LogP contribution in [0.25, 0.3) is 0 Å². The first-order chi connectivity index (χ1) is 10.4. The van der Waals surface area contributed by atoms with Gasteiger partial charge in [-0.15, -0.1) is 12.4 Å². The third kappa shape index (κ3) is 5.07.